The Balaban J connectivity index is 2.17. The van der Waals surface area contributed by atoms with E-state index in [4.69, 9.17) is 11.6 Å². The summed E-state index contributed by atoms with van der Waals surface area (Å²) in [7, 11) is 0. The average molecular weight is 400 g/mol. The molecule has 0 saturated heterocycles. The second-order valence-corrected chi connectivity index (χ2v) is 5.38. The Morgan fingerprint density at radius 1 is 1.52 bits per heavy atom. The number of pyridine rings is 1. The summed E-state index contributed by atoms with van der Waals surface area (Å²) in [5, 5.41) is 24.1. The van der Waals surface area contributed by atoms with Crippen molar-refractivity contribution in [1.29, 1.82) is 0 Å². The van der Waals surface area contributed by atoms with Crippen molar-refractivity contribution in [1.82, 2.24) is 10.4 Å². The summed E-state index contributed by atoms with van der Waals surface area (Å²) < 4.78 is 0.134. The van der Waals surface area contributed by atoms with Gasteiger partial charge in [-0.15, -0.1) is 0 Å². The quantitative estimate of drug-likeness (QED) is 0.355. The van der Waals surface area contributed by atoms with E-state index in [2.05, 4.69) is 31.4 Å². The molecule has 10 heteroatoms. The van der Waals surface area contributed by atoms with Gasteiger partial charge in [0.05, 0.1) is 21.2 Å². The number of nitrogens with one attached hydrogen (secondary N) is 1. The lowest BCUT2D eigenvalue weighted by Crippen LogP contribution is -2.18. The van der Waals surface area contributed by atoms with Crippen molar-refractivity contribution in [2.75, 3.05) is 0 Å². The van der Waals surface area contributed by atoms with Gasteiger partial charge in [-0.05, 0) is 34.1 Å². The Kier molecular flexibility index (Phi) is 5.24. The summed E-state index contributed by atoms with van der Waals surface area (Å²) >= 11 is 8.78. The average Bonchev–Trinajstić information content (AvgIpc) is 2.50. The van der Waals surface area contributed by atoms with Gasteiger partial charge in [-0.3, -0.25) is 14.9 Å². The van der Waals surface area contributed by atoms with Gasteiger partial charge in [0.1, 0.15) is 5.15 Å². The van der Waals surface area contributed by atoms with Gasteiger partial charge in [0.25, 0.3) is 5.91 Å². The fraction of sp³-hybridized carbons (Fsp3) is 0. The van der Waals surface area contributed by atoms with Crippen LogP contribution in [0.4, 0.5) is 5.69 Å². The largest absolute Gasteiger partial charge is 0.501 e. The van der Waals surface area contributed by atoms with E-state index in [1.54, 1.807) is 6.07 Å². The Morgan fingerprint density at radius 2 is 2.26 bits per heavy atom. The number of benzene rings is 1. The maximum Gasteiger partial charge on any atom is 0.312 e. The first-order chi connectivity index (χ1) is 10.9. The molecular weight excluding hydrogens is 392 g/mol. The van der Waals surface area contributed by atoms with Gasteiger partial charge in [-0.2, -0.15) is 5.10 Å². The van der Waals surface area contributed by atoms with E-state index in [0.717, 1.165) is 6.07 Å². The maximum absolute atomic E-state index is 11.8. The minimum atomic E-state index is -0.731. The molecule has 0 aliphatic rings. The molecular formula is C13H8BrClN4O4. The van der Waals surface area contributed by atoms with Gasteiger partial charge in [-0.1, -0.05) is 11.6 Å². The van der Waals surface area contributed by atoms with E-state index in [0.29, 0.717) is 5.56 Å². The number of halogens is 2. The molecule has 0 atom stereocenters. The maximum atomic E-state index is 11.8. The van der Waals surface area contributed by atoms with E-state index >= 15 is 0 Å². The Hall–Kier alpha value is -2.52. The number of hydrogen-bond acceptors (Lipinski definition) is 6. The topological polar surface area (TPSA) is 118 Å². The van der Waals surface area contributed by atoms with Crippen LogP contribution < -0.4 is 5.43 Å². The van der Waals surface area contributed by atoms with Gasteiger partial charge in [-0.25, -0.2) is 10.4 Å². The van der Waals surface area contributed by atoms with Crippen molar-refractivity contribution < 1.29 is 14.8 Å². The first kappa shape index (κ1) is 16.8. The number of amides is 1. The lowest BCUT2D eigenvalue weighted by atomic mass is 10.2. The molecule has 0 spiro atoms. The van der Waals surface area contributed by atoms with E-state index in [-0.39, 0.29) is 15.2 Å². The van der Waals surface area contributed by atoms with Crippen LogP contribution >= 0.6 is 27.5 Å². The molecule has 1 heterocycles. The van der Waals surface area contributed by atoms with Crippen molar-refractivity contribution in [2.24, 2.45) is 5.10 Å². The second-order valence-electron chi connectivity index (χ2n) is 4.17. The number of carbonyl (C=O) groups excluding carboxylic acids is 1. The Morgan fingerprint density at radius 3 is 2.91 bits per heavy atom. The van der Waals surface area contributed by atoms with E-state index in [1.807, 2.05) is 0 Å². The minimum Gasteiger partial charge on any atom is -0.501 e. The fourth-order valence-electron chi connectivity index (χ4n) is 1.60. The summed E-state index contributed by atoms with van der Waals surface area (Å²) in [5.74, 6) is -1.06. The summed E-state index contributed by atoms with van der Waals surface area (Å²) in [4.78, 5) is 25.7. The zero-order valence-corrected chi connectivity index (χ0v) is 13.6. The van der Waals surface area contributed by atoms with Crippen molar-refractivity contribution in [3.05, 3.63) is 61.3 Å². The molecule has 0 bridgehead atoms. The molecule has 1 aromatic heterocycles. The van der Waals surface area contributed by atoms with Crippen LogP contribution in [0.25, 0.3) is 0 Å². The van der Waals surface area contributed by atoms with E-state index < -0.39 is 22.3 Å². The van der Waals surface area contributed by atoms with Gasteiger partial charge >= 0.3 is 5.69 Å². The van der Waals surface area contributed by atoms with Crippen LogP contribution in [0.5, 0.6) is 5.75 Å². The number of nitro benzene ring substituents is 1. The normalized spacial score (nSPS) is 10.7. The van der Waals surface area contributed by atoms with E-state index in [9.17, 15) is 20.0 Å². The highest BCUT2D eigenvalue weighted by molar-refractivity contribution is 9.10. The van der Waals surface area contributed by atoms with Crippen molar-refractivity contribution in [2.45, 2.75) is 0 Å². The van der Waals surface area contributed by atoms with Crippen LogP contribution in [0, 0.1) is 10.1 Å². The minimum absolute atomic E-state index is 0.0308. The Labute approximate surface area is 143 Å². The molecule has 0 aliphatic heterocycles. The molecule has 0 saturated carbocycles. The van der Waals surface area contributed by atoms with Gasteiger partial charge in [0.15, 0.2) is 0 Å². The number of hydrogen-bond donors (Lipinski definition) is 2. The predicted molar refractivity (Wildman–Crippen MR) is 86.8 cm³/mol. The lowest BCUT2D eigenvalue weighted by Gasteiger charge is -2.02. The third kappa shape index (κ3) is 4.02. The fourth-order valence-corrected chi connectivity index (χ4v) is 2.27. The number of nitrogens with zero attached hydrogens (tertiary/aromatic N) is 3. The number of phenols is 1. The first-order valence-corrected chi connectivity index (χ1v) is 7.18. The molecule has 1 aromatic carbocycles. The monoisotopic (exact) mass is 398 g/mol. The van der Waals surface area contributed by atoms with E-state index in [1.165, 1.54) is 24.5 Å². The van der Waals surface area contributed by atoms with Crippen LogP contribution in [-0.2, 0) is 0 Å². The third-order valence-corrected chi connectivity index (χ3v) is 3.55. The van der Waals surface area contributed by atoms with Gasteiger partial charge in [0, 0.05) is 17.8 Å². The number of phenolic OH excluding ortho intramolecular Hbond substituents is 1. The summed E-state index contributed by atoms with van der Waals surface area (Å²) in [6, 6.07) is 5.55. The van der Waals surface area contributed by atoms with Crippen molar-refractivity contribution in [3.63, 3.8) is 0 Å². The zero-order valence-electron chi connectivity index (χ0n) is 11.2. The zero-order chi connectivity index (χ0) is 17.0. The van der Waals surface area contributed by atoms with Crippen LogP contribution in [0.15, 0.2) is 40.0 Å². The number of aromatic hydroxyl groups is 1. The van der Waals surface area contributed by atoms with Crippen LogP contribution in [0.2, 0.25) is 5.15 Å². The molecule has 0 unspecified atom stereocenters. The highest BCUT2D eigenvalue weighted by atomic mass is 79.9. The van der Waals surface area contributed by atoms with Crippen molar-refractivity contribution in [3.8, 4) is 5.75 Å². The smallest absolute Gasteiger partial charge is 0.312 e. The third-order valence-electron chi connectivity index (χ3n) is 2.65. The van der Waals surface area contributed by atoms with Crippen LogP contribution in [0.3, 0.4) is 0 Å². The Bertz CT molecular complexity index is 813. The number of aromatic nitrogens is 1. The molecule has 0 aliphatic carbocycles. The molecule has 8 nitrogen and oxygen atoms in total. The highest BCUT2D eigenvalue weighted by Gasteiger charge is 2.17. The van der Waals surface area contributed by atoms with Crippen molar-refractivity contribution >= 4 is 45.3 Å². The second kappa shape index (κ2) is 7.16. The molecule has 0 radical (unpaired) electrons. The summed E-state index contributed by atoms with van der Waals surface area (Å²) in [6.07, 6.45) is 2.63. The van der Waals surface area contributed by atoms with Gasteiger partial charge < -0.3 is 5.11 Å². The van der Waals surface area contributed by atoms with Gasteiger partial charge in [0.2, 0.25) is 5.75 Å². The number of rotatable bonds is 4. The summed E-state index contributed by atoms with van der Waals surface area (Å²) in [5.41, 5.74) is 2.19. The standard InChI is InChI=1S/C13H8BrClN4O4/c14-9-4-7(5-10(11(9)20)19(22)23)6-17-18-13(21)8-2-1-3-16-12(8)15/h1-6,20H,(H,18,21)/b17-6+. The predicted octanol–water partition coefficient (Wildman–Crippen LogP) is 2.88. The molecule has 2 rings (SSSR count). The molecule has 23 heavy (non-hydrogen) atoms. The SMILES string of the molecule is O=C(N/N=C/c1cc(Br)c(O)c([N+](=O)[O-])c1)c1cccnc1Cl. The number of carbonyl (C=O) groups is 1. The van der Waals surface area contributed by atoms with Crippen LogP contribution in [-0.4, -0.2) is 27.1 Å². The first-order valence-electron chi connectivity index (χ1n) is 6.01. The molecule has 1 amide bonds. The molecule has 2 aromatic rings. The molecule has 2 N–H and O–H groups in total. The summed E-state index contributed by atoms with van der Waals surface area (Å²) in [6.45, 7) is 0. The molecule has 118 valence electrons. The van der Waals surface area contributed by atoms with Crippen LogP contribution in [0.1, 0.15) is 15.9 Å². The lowest BCUT2D eigenvalue weighted by molar-refractivity contribution is -0.386. The highest BCUT2D eigenvalue weighted by Crippen LogP contribution is 2.34. The number of nitro groups is 1. The molecule has 0 fully saturated rings. The number of hydrazone groups is 1.